The van der Waals surface area contributed by atoms with Crippen LogP contribution in [-0.4, -0.2) is 27.1 Å². The molecule has 3 rings (SSSR count). The van der Waals surface area contributed by atoms with Crippen LogP contribution in [0.4, 0.5) is 17.5 Å². The van der Waals surface area contributed by atoms with Crippen LogP contribution < -0.4 is 10.6 Å². The molecule has 0 bridgehead atoms. The Bertz CT molecular complexity index is 878. The molecule has 1 atom stereocenters. The smallest absolute Gasteiger partial charge is 0.325 e. The molecule has 2 aromatic carbocycles. The molecule has 0 aliphatic carbocycles. The van der Waals surface area contributed by atoms with Crippen molar-refractivity contribution in [1.29, 1.82) is 0 Å². The molecule has 1 unspecified atom stereocenters. The van der Waals surface area contributed by atoms with Gasteiger partial charge in [0.05, 0.1) is 5.52 Å². The van der Waals surface area contributed by atoms with Gasteiger partial charge in [-0.1, -0.05) is 29.8 Å². The third kappa shape index (κ3) is 3.43. The summed E-state index contributed by atoms with van der Waals surface area (Å²) in [5.74, 6) is -0.0338. The Labute approximate surface area is 139 Å². The third-order valence-corrected chi connectivity index (χ3v) is 3.63. The van der Waals surface area contributed by atoms with Crippen molar-refractivity contribution in [1.82, 2.24) is 9.97 Å². The summed E-state index contributed by atoms with van der Waals surface area (Å²) >= 11 is 0. The summed E-state index contributed by atoms with van der Waals surface area (Å²) in [6.45, 7) is 3.60. The lowest BCUT2D eigenvalue weighted by Crippen LogP contribution is -2.26. The Morgan fingerprint density at radius 2 is 1.79 bits per heavy atom. The summed E-state index contributed by atoms with van der Waals surface area (Å²) in [6.07, 6.45) is 0. The number of aliphatic carboxylic acids is 1. The maximum Gasteiger partial charge on any atom is 0.325 e. The molecule has 6 heteroatoms. The molecule has 24 heavy (non-hydrogen) atoms. The van der Waals surface area contributed by atoms with E-state index in [1.54, 1.807) is 6.92 Å². The van der Waals surface area contributed by atoms with E-state index in [0.717, 1.165) is 22.2 Å². The first-order valence-corrected chi connectivity index (χ1v) is 7.63. The highest BCUT2D eigenvalue weighted by Gasteiger charge is 2.14. The second-order valence-corrected chi connectivity index (χ2v) is 5.61. The van der Waals surface area contributed by atoms with E-state index in [1.165, 1.54) is 0 Å². The van der Waals surface area contributed by atoms with Gasteiger partial charge in [-0.2, -0.15) is 4.98 Å². The van der Waals surface area contributed by atoms with Crippen LogP contribution in [0.3, 0.4) is 0 Å². The van der Waals surface area contributed by atoms with Gasteiger partial charge < -0.3 is 15.7 Å². The van der Waals surface area contributed by atoms with Crippen molar-refractivity contribution in [2.24, 2.45) is 0 Å². The molecule has 0 fully saturated rings. The van der Waals surface area contributed by atoms with Crippen molar-refractivity contribution < 1.29 is 9.90 Å². The number of carboxylic acid groups (broad SMARTS) is 1. The van der Waals surface area contributed by atoms with Gasteiger partial charge in [0.15, 0.2) is 0 Å². The van der Waals surface area contributed by atoms with Gasteiger partial charge in [-0.05, 0) is 38.1 Å². The van der Waals surface area contributed by atoms with Crippen LogP contribution in [0, 0.1) is 6.92 Å². The van der Waals surface area contributed by atoms with E-state index in [9.17, 15) is 4.79 Å². The van der Waals surface area contributed by atoms with Crippen LogP contribution >= 0.6 is 0 Å². The van der Waals surface area contributed by atoms with Crippen LogP contribution in [-0.2, 0) is 4.79 Å². The molecule has 6 nitrogen and oxygen atoms in total. The highest BCUT2D eigenvalue weighted by atomic mass is 16.4. The van der Waals surface area contributed by atoms with E-state index in [1.807, 2.05) is 55.5 Å². The lowest BCUT2D eigenvalue weighted by molar-refractivity contribution is -0.137. The first-order chi connectivity index (χ1) is 11.5. The minimum atomic E-state index is -0.939. The molecule has 0 aliphatic rings. The zero-order valence-electron chi connectivity index (χ0n) is 13.4. The van der Waals surface area contributed by atoms with Gasteiger partial charge >= 0.3 is 5.97 Å². The Morgan fingerprint density at radius 3 is 2.50 bits per heavy atom. The molecule has 0 spiro atoms. The van der Waals surface area contributed by atoms with Crippen molar-refractivity contribution in [2.75, 3.05) is 10.6 Å². The number of nitrogens with one attached hydrogen (secondary N) is 2. The summed E-state index contributed by atoms with van der Waals surface area (Å²) in [7, 11) is 0. The Morgan fingerprint density at radius 1 is 1.08 bits per heavy atom. The number of hydrogen-bond acceptors (Lipinski definition) is 5. The van der Waals surface area contributed by atoms with Crippen molar-refractivity contribution in [3.63, 3.8) is 0 Å². The minimum absolute atomic E-state index is 0.414. The highest BCUT2D eigenvalue weighted by molar-refractivity contribution is 5.91. The molecule has 1 aromatic heterocycles. The molecule has 0 amide bonds. The van der Waals surface area contributed by atoms with E-state index in [4.69, 9.17) is 5.11 Å². The van der Waals surface area contributed by atoms with Crippen molar-refractivity contribution in [2.45, 2.75) is 19.9 Å². The molecule has 0 saturated heterocycles. The zero-order chi connectivity index (χ0) is 17.1. The summed E-state index contributed by atoms with van der Waals surface area (Å²) in [6, 6.07) is 14.6. The van der Waals surface area contributed by atoms with Crippen molar-refractivity contribution in [3.05, 3.63) is 54.1 Å². The van der Waals surface area contributed by atoms with E-state index in [2.05, 4.69) is 20.6 Å². The predicted octanol–water partition coefficient (Wildman–Crippen LogP) is 3.57. The number of hydrogen-bond donors (Lipinski definition) is 3. The molecule has 1 heterocycles. The normalized spacial score (nSPS) is 11.9. The quantitative estimate of drug-likeness (QED) is 0.666. The van der Waals surface area contributed by atoms with Crippen LogP contribution in [0.2, 0.25) is 0 Å². The molecular formula is C18H18N4O2. The van der Waals surface area contributed by atoms with Crippen molar-refractivity contribution >= 4 is 34.3 Å². The van der Waals surface area contributed by atoms with Crippen molar-refractivity contribution in [3.8, 4) is 0 Å². The first kappa shape index (κ1) is 15.7. The summed E-state index contributed by atoms with van der Waals surface area (Å²) in [5, 5.41) is 16.0. The highest BCUT2D eigenvalue weighted by Crippen LogP contribution is 2.24. The predicted molar refractivity (Wildman–Crippen MR) is 94.7 cm³/mol. The number of aromatic nitrogens is 2. The number of rotatable bonds is 5. The lowest BCUT2D eigenvalue weighted by Gasteiger charge is -2.14. The van der Waals surface area contributed by atoms with Crippen LogP contribution in [0.1, 0.15) is 12.5 Å². The average Bonchev–Trinajstić information content (AvgIpc) is 2.57. The molecule has 3 N–H and O–H groups in total. The fourth-order valence-electron chi connectivity index (χ4n) is 2.28. The van der Waals surface area contributed by atoms with Gasteiger partial charge in [0.1, 0.15) is 11.9 Å². The lowest BCUT2D eigenvalue weighted by atomic mass is 10.2. The standard InChI is InChI=1S/C18H18N4O2/c1-11-7-9-13(10-8-11)20-18-21-15-6-4-3-5-14(15)16(22-18)19-12(2)17(23)24/h3-10,12H,1-2H3,(H,23,24)(H2,19,20,21,22). The largest absolute Gasteiger partial charge is 0.480 e. The maximum atomic E-state index is 11.1. The molecule has 122 valence electrons. The number of aryl methyl sites for hydroxylation is 1. The van der Waals surface area contributed by atoms with Gasteiger partial charge in [-0.25, -0.2) is 4.98 Å². The summed E-state index contributed by atoms with van der Waals surface area (Å²) in [4.78, 5) is 20.1. The summed E-state index contributed by atoms with van der Waals surface area (Å²) < 4.78 is 0. The third-order valence-electron chi connectivity index (χ3n) is 3.63. The zero-order valence-corrected chi connectivity index (χ0v) is 13.4. The topological polar surface area (TPSA) is 87.1 Å². The Balaban J connectivity index is 1.99. The van der Waals surface area contributed by atoms with Gasteiger partial charge in [0.25, 0.3) is 0 Å². The fraction of sp³-hybridized carbons (Fsp3) is 0.167. The second-order valence-electron chi connectivity index (χ2n) is 5.61. The van der Waals surface area contributed by atoms with Gasteiger partial charge in [0.2, 0.25) is 5.95 Å². The average molecular weight is 322 g/mol. The fourth-order valence-corrected chi connectivity index (χ4v) is 2.28. The van der Waals surface area contributed by atoms with Gasteiger partial charge in [0, 0.05) is 11.1 Å². The number of nitrogens with zero attached hydrogens (tertiary/aromatic N) is 2. The van der Waals surface area contributed by atoms with Gasteiger partial charge in [-0.15, -0.1) is 0 Å². The number of fused-ring (bicyclic) bond motifs is 1. The SMILES string of the molecule is Cc1ccc(Nc2nc(NC(C)C(=O)O)c3ccccc3n2)cc1. The molecule has 0 radical (unpaired) electrons. The van der Waals surface area contributed by atoms with Crippen LogP contribution in [0.5, 0.6) is 0 Å². The second kappa shape index (κ2) is 6.54. The van der Waals surface area contributed by atoms with E-state index in [-0.39, 0.29) is 0 Å². The Kier molecular flexibility index (Phi) is 4.29. The molecule has 0 aliphatic heterocycles. The number of carbonyl (C=O) groups is 1. The van der Waals surface area contributed by atoms with E-state index < -0.39 is 12.0 Å². The molecule has 0 saturated carbocycles. The number of anilines is 3. The monoisotopic (exact) mass is 322 g/mol. The molecular weight excluding hydrogens is 304 g/mol. The Hall–Kier alpha value is -3.15. The van der Waals surface area contributed by atoms with E-state index in [0.29, 0.717) is 11.8 Å². The van der Waals surface area contributed by atoms with E-state index >= 15 is 0 Å². The number of benzene rings is 2. The first-order valence-electron chi connectivity index (χ1n) is 7.63. The van der Waals surface area contributed by atoms with Crippen LogP contribution in [0.15, 0.2) is 48.5 Å². The van der Waals surface area contributed by atoms with Gasteiger partial charge in [-0.3, -0.25) is 4.79 Å². The molecule has 3 aromatic rings. The van der Waals surface area contributed by atoms with Crippen LogP contribution in [0.25, 0.3) is 10.9 Å². The summed E-state index contributed by atoms with van der Waals surface area (Å²) in [5.41, 5.74) is 2.77. The maximum absolute atomic E-state index is 11.1. The number of carboxylic acids is 1. The minimum Gasteiger partial charge on any atom is -0.480 e. The number of para-hydroxylation sites is 1.